The molecule has 7 nitrogen and oxygen atoms in total. The predicted molar refractivity (Wildman–Crippen MR) is 88.9 cm³/mol. The number of carbonyl (C=O) groups is 1. The van der Waals surface area contributed by atoms with E-state index in [1.54, 1.807) is 31.1 Å². The molecule has 0 unspecified atom stereocenters. The molecule has 7 heteroatoms. The second-order valence-corrected chi connectivity index (χ2v) is 6.39. The van der Waals surface area contributed by atoms with Crippen molar-refractivity contribution in [1.29, 1.82) is 0 Å². The number of nitro groups is 1. The lowest BCUT2D eigenvalue weighted by Crippen LogP contribution is -2.40. The Morgan fingerprint density at radius 1 is 1.35 bits per heavy atom. The Hall–Kier alpha value is -2.31. The number of hydrogen-bond donors (Lipinski definition) is 1. The first-order valence-corrected chi connectivity index (χ1v) is 7.99. The smallest absolute Gasteiger partial charge is 0.292 e. The van der Waals surface area contributed by atoms with E-state index in [0.717, 1.165) is 42.7 Å². The summed E-state index contributed by atoms with van der Waals surface area (Å²) in [5.41, 5.74) is 2.95. The summed E-state index contributed by atoms with van der Waals surface area (Å²) in [5.74, 6) is 0.175. The number of piperidine rings is 1. The maximum absolute atomic E-state index is 12.1. The molecule has 2 aliphatic heterocycles. The van der Waals surface area contributed by atoms with Crippen molar-refractivity contribution >= 4 is 23.0 Å². The van der Waals surface area contributed by atoms with Gasteiger partial charge in [0.05, 0.1) is 4.92 Å². The van der Waals surface area contributed by atoms with Gasteiger partial charge in [-0.05, 0) is 25.3 Å². The maximum atomic E-state index is 12.1. The van der Waals surface area contributed by atoms with Crippen molar-refractivity contribution in [3.05, 3.63) is 27.8 Å². The normalized spacial score (nSPS) is 17.6. The van der Waals surface area contributed by atoms with Crippen LogP contribution in [-0.4, -0.2) is 49.5 Å². The molecule has 1 aromatic rings. The second-order valence-electron chi connectivity index (χ2n) is 6.39. The third-order valence-corrected chi connectivity index (χ3v) is 4.75. The molecule has 0 bridgehead atoms. The first kappa shape index (κ1) is 15.6. The van der Waals surface area contributed by atoms with E-state index >= 15 is 0 Å². The molecule has 3 rings (SSSR count). The van der Waals surface area contributed by atoms with E-state index < -0.39 is 0 Å². The molecule has 0 atom stereocenters. The van der Waals surface area contributed by atoms with E-state index in [4.69, 9.17) is 0 Å². The van der Waals surface area contributed by atoms with Gasteiger partial charge < -0.3 is 15.1 Å². The number of fused-ring (bicyclic) bond motifs is 1. The highest BCUT2D eigenvalue weighted by Crippen LogP contribution is 2.40. The molecule has 2 aliphatic rings. The number of nitrogens with one attached hydrogen (secondary N) is 1. The second kappa shape index (κ2) is 6.06. The average molecular weight is 318 g/mol. The fourth-order valence-corrected chi connectivity index (χ4v) is 3.58. The molecular weight excluding hydrogens is 296 g/mol. The zero-order valence-corrected chi connectivity index (χ0v) is 13.5. The Balaban J connectivity index is 1.85. The lowest BCUT2D eigenvalue weighted by atomic mass is 9.94. The van der Waals surface area contributed by atoms with E-state index in [1.165, 1.54) is 0 Å². The Kier molecular flexibility index (Phi) is 4.11. The fourth-order valence-electron chi connectivity index (χ4n) is 3.58. The Labute approximate surface area is 135 Å². The quantitative estimate of drug-likeness (QED) is 0.680. The molecule has 124 valence electrons. The Morgan fingerprint density at radius 2 is 2.04 bits per heavy atom. The first-order valence-electron chi connectivity index (χ1n) is 7.99. The van der Waals surface area contributed by atoms with Crippen molar-refractivity contribution in [2.24, 2.45) is 5.92 Å². The molecule has 0 saturated carbocycles. The summed E-state index contributed by atoms with van der Waals surface area (Å²) in [6, 6.07) is 3.38. The maximum Gasteiger partial charge on any atom is 0.292 e. The number of amides is 1. The topological polar surface area (TPSA) is 78.7 Å². The molecule has 2 heterocycles. The molecule has 1 N–H and O–H groups in total. The number of rotatable bonds is 3. The van der Waals surface area contributed by atoms with Gasteiger partial charge in [-0.15, -0.1) is 0 Å². The van der Waals surface area contributed by atoms with E-state index in [1.807, 2.05) is 0 Å². The van der Waals surface area contributed by atoms with Crippen molar-refractivity contribution < 1.29 is 9.72 Å². The number of anilines is 2. The van der Waals surface area contributed by atoms with Crippen molar-refractivity contribution in [2.75, 3.05) is 43.9 Å². The fraction of sp³-hybridized carbons (Fsp3) is 0.562. The third kappa shape index (κ3) is 2.83. The van der Waals surface area contributed by atoms with Crippen LogP contribution in [0.5, 0.6) is 0 Å². The van der Waals surface area contributed by atoms with Crippen LogP contribution in [0.25, 0.3) is 0 Å². The SMILES string of the molecule is CN(C)C(=O)C1CCN(c2c([N+](=O)[O-])ccc3c2CCN3)CC1. The number of hydrogen-bond acceptors (Lipinski definition) is 5. The summed E-state index contributed by atoms with van der Waals surface area (Å²) in [6.07, 6.45) is 2.29. The Bertz CT molecular complexity index is 636. The highest BCUT2D eigenvalue weighted by atomic mass is 16.6. The van der Waals surface area contributed by atoms with E-state index in [-0.39, 0.29) is 22.4 Å². The van der Waals surface area contributed by atoms with E-state index in [9.17, 15) is 14.9 Å². The van der Waals surface area contributed by atoms with Gasteiger partial charge in [-0.3, -0.25) is 14.9 Å². The number of nitro benzene ring substituents is 1. The Morgan fingerprint density at radius 3 is 2.65 bits per heavy atom. The van der Waals surface area contributed by atoms with Crippen molar-refractivity contribution in [3.63, 3.8) is 0 Å². The minimum absolute atomic E-state index is 0.0233. The lowest BCUT2D eigenvalue weighted by molar-refractivity contribution is -0.384. The van der Waals surface area contributed by atoms with Crippen LogP contribution >= 0.6 is 0 Å². The zero-order chi connectivity index (χ0) is 16.6. The minimum atomic E-state index is -0.301. The average Bonchev–Trinajstić information content (AvgIpc) is 3.01. The van der Waals surface area contributed by atoms with Gasteiger partial charge in [0, 0.05) is 57.0 Å². The van der Waals surface area contributed by atoms with Crippen molar-refractivity contribution in [3.8, 4) is 0 Å². The van der Waals surface area contributed by atoms with E-state index in [0.29, 0.717) is 13.1 Å². The third-order valence-electron chi connectivity index (χ3n) is 4.75. The number of carbonyl (C=O) groups excluding carboxylic acids is 1. The van der Waals surface area contributed by atoms with Gasteiger partial charge in [0.25, 0.3) is 5.69 Å². The van der Waals surface area contributed by atoms with Crippen molar-refractivity contribution in [1.82, 2.24) is 4.90 Å². The molecule has 1 fully saturated rings. The first-order chi connectivity index (χ1) is 11.0. The molecule has 0 aliphatic carbocycles. The number of nitrogens with zero attached hydrogens (tertiary/aromatic N) is 3. The standard InChI is InChI=1S/C16H22N4O3/c1-18(2)16(21)11-6-9-19(10-7-11)15-12-5-8-17-13(12)3-4-14(15)20(22)23/h3-4,11,17H,5-10H2,1-2H3. The molecule has 1 aromatic carbocycles. The van der Waals surface area contributed by atoms with Gasteiger partial charge in [-0.1, -0.05) is 0 Å². The largest absolute Gasteiger partial charge is 0.384 e. The summed E-state index contributed by atoms with van der Waals surface area (Å²) in [4.78, 5) is 26.9. The van der Waals surface area contributed by atoms with Crippen LogP contribution in [0.15, 0.2) is 12.1 Å². The molecule has 0 spiro atoms. The van der Waals surface area contributed by atoms with Gasteiger partial charge in [-0.25, -0.2) is 0 Å². The summed E-state index contributed by atoms with van der Waals surface area (Å²) in [5, 5.41) is 14.7. The van der Waals surface area contributed by atoms with Crippen LogP contribution < -0.4 is 10.2 Å². The van der Waals surface area contributed by atoms with Gasteiger partial charge in [-0.2, -0.15) is 0 Å². The van der Waals surface area contributed by atoms with Crippen LogP contribution in [0.3, 0.4) is 0 Å². The van der Waals surface area contributed by atoms with Crippen LogP contribution in [-0.2, 0) is 11.2 Å². The van der Waals surface area contributed by atoms with Crippen LogP contribution in [0, 0.1) is 16.0 Å². The monoisotopic (exact) mass is 318 g/mol. The van der Waals surface area contributed by atoms with Gasteiger partial charge >= 0.3 is 0 Å². The van der Waals surface area contributed by atoms with Gasteiger partial charge in [0.2, 0.25) is 5.91 Å². The molecule has 23 heavy (non-hydrogen) atoms. The summed E-state index contributed by atoms with van der Waals surface area (Å²) < 4.78 is 0. The zero-order valence-electron chi connectivity index (χ0n) is 13.5. The van der Waals surface area contributed by atoms with Crippen LogP contribution in [0.4, 0.5) is 17.1 Å². The highest BCUT2D eigenvalue weighted by molar-refractivity contribution is 5.80. The molecular formula is C16H22N4O3. The summed E-state index contributed by atoms with van der Waals surface area (Å²) >= 11 is 0. The predicted octanol–water partition coefficient (Wildman–Crippen LogP) is 1.87. The number of benzene rings is 1. The van der Waals surface area contributed by atoms with Crippen LogP contribution in [0.1, 0.15) is 18.4 Å². The van der Waals surface area contributed by atoms with Gasteiger partial charge in [0.15, 0.2) is 0 Å². The molecule has 1 amide bonds. The van der Waals surface area contributed by atoms with Gasteiger partial charge in [0.1, 0.15) is 5.69 Å². The molecule has 0 radical (unpaired) electrons. The molecule has 0 aromatic heterocycles. The molecule has 1 saturated heterocycles. The summed E-state index contributed by atoms with van der Waals surface area (Å²) in [7, 11) is 3.55. The summed E-state index contributed by atoms with van der Waals surface area (Å²) in [6.45, 7) is 2.18. The lowest BCUT2D eigenvalue weighted by Gasteiger charge is -2.34. The van der Waals surface area contributed by atoms with Crippen LogP contribution in [0.2, 0.25) is 0 Å². The van der Waals surface area contributed by atoms with Crippen molar-refractivity contribution in [2.45, 2.75) is 19.3 Å². The highest BCUT2D eigenvalue weighted by Gasteiger charge is 2.32. The van der Waals surface area contributed by atoms with E-state index in [2.05, 4.69) is 10.2 Å². The minimum Gasteiger partial charge on any atom is -0.384 e.